The first-order chi connectivity index (χ1) is 16.0. The van der Waals surface area contributed by atoms with Gasteiger partial charge >= 0.3 is 5.69 Å². The van der Waals surface area contributed by atoms with Crippen molar-refractivity contribution < 1.29 is 9.90 Å². The number of fused-ring (bicyclic) bond motifs is 1. The van der Waals surface area contributed by atoms with Gasteiger partial charge in [0.1, 0.15) is 0 Å². The maximum atomic E-state index is 12.4. The Labute approximate surface area is 200 Å². The summed E-state index contributed by atoms with van der Waals surface area (Å²) >= 11 is 1.01. The van der Waals surface area contributed by atoms with E-state index in [1.807, 2.05) is 0 Å². The Bertz CT molecular complexity index is 979. The standard InChI is InChI=1S/C24H40N4O4S/c1-3-4-5-6-7-8-9-10-11-12-13-14-15-16-17-28-20-21(25-24(28)33-18-19(29)30)27(2)23(32)26-22(20)31/h3-18H2,1-2H3,(H,29,30)(H,26,31,32)/p-1. The van der Waals surface area contributed by atoms with Gasteiger partial charge in [0.05, 0.1) is 5.97 Å². The zero-order valence-corrected chi connectivity index (χ0v) is 21.0. The van der Waals surface area contributed by atoms with Gasteiger partial charge in [0, 0.05) is 19.3 Å². The van der Waals surface area contributed by atoms with Gasteiger partial charge < -0.3 is 14.5 Å². The van der Waals surface area contributed by atoms with Crippen molar-refractivity contribution in [3.8, 4) is 0 Å². The summed E-state index contributed by atoms with van der Waals surface area (Å²) < 4.78 is 3.02. The molecule has 0 aliphatic heterocycles. The molecule has 0 saturated heterocycles. The van der Waals surface area contributed by atoms with Gasteiger partial charge in [0.25, 0.3) is 5.56 Å². The molecular weight excluding hydrogens is 440 g/mol. The summed E-state index contributed by atoms with van der Waals surface area (Å²) in [4.78, 5) is 41.9. The molecule has 0 aliphatic carbocycles. The Balaban J connectivity index is 1.74. The topological polar surface area (TPSA) is 113 Å². The van der Waals surface area contributed by atoms with Gasteiger partial charge in [0.2, 0.25) is 0 Å². The van der Waals surface area contributed by atoms with Crippen LogP contribution in [0, 0.1) is 0 Å². The number of hydrogen-bond acceptors (Lipinski definition) is 6. The van der Waals surface area contributed by atoms with Crippen LogP contribution < -0.4 is 16.4 Å². The number of carbonyl (C=O) groups is 1. The highest BCUT2D eigenvalue weighted by atomic mass is 32.2. The molecule has 2 heterocycles. The molecule has 0 unspecified atom stereocenters. The molecule has 0 spiro atoms. The number of hydrogen-bond donors (Lipinski definition) is 1. The van der Waals surface area contributed by atoms with Crippen LogP contribution in [0.2, 0.25) is 0 Å². The van der Waals surface area contributed by atoms with Crippen molar-refractivity contribution in [2.24, 2.45) is 7.05 Å². The minimum atomic E-state index is -1.20. The average Bonchev–Trinajstić information content (AvgIpc) is 3.15. The van der Waals surface area contributed by atoms with Crippen LogP contribution in [-0.4, -0.2) is 30.8 Å². The SMILES string of the molecule is CCCCCCCCCCCCCCCCn1c(SCC(=O)[O-])nc2c1c(=O)[nH]c(=O)n2C. The number of thioether (sulfide) groups is 1. The molecule has 1 N–H and O–H groups in total. The van der Waals surface area contributed by atoms with E-state index in [-0.39, 0.29) is 11.4 Å². The molecule has 9 heteroatoms. The highest BCUT2D eigenvalue weighted by Gasteiger charge is 2.17. The van der Waals surface area contributed by atoms with E-state index in [9.17, 15) is 19.5 Å². The summed E-state index contributed by atoms with van der Waals surface area (Å²) in [6, 6.07) is 0. The Morgan fingerprint density at radius 2 is 1.42 bits per heavy atom. The molecule has 0 radical (unpaired) electrons. The largest absolute Gasteiger partial charge is 0.549 e. The van der Waals surface area contributed by atoms with Crippen LogP contribution in [-0.2, 0) is 18.4 Å². The average molecular weight is 480 g/mol. The van der Waals surface area contributed by atoms with Crippen molar-refractivity contribution in [1.29, 1.82) is 0 Å². The molecule has 0 bridgehead atoms. The number of carboxylic acids is 1. The molecule has 186 valence electrons. The molecule has 8 nitrogen and oxygen atoms in total. The molecule has 0 saturated carbocycles. The zero-order chi connectivity index (χ0) is 24.1. The molecule has 0 atom stereocenters. The Hall–Kier alpha value is -2.03. The number of unbranched alkanes of at least 4 members (excludes halogenated alkanes) is 13. The van der Waals surface area contributed by atoms with Crippen LogP contribution in [0.5, 0.6) is 0 Å². The van der Waals surface area contributed by atoms with Gasteiger partial charge in [-0.25, -0.2) is 9.78 Å². The second-order valence-electron chi connectivity index (χ2n) is 8.79. The van der Waals surface area contributed by atoms with E-state index < -0.39 is 17.2 Å². The summed E-state index contributed by atoms with van der Waals surface area (Å²) in [5.41, 5.74) is -0.445. The molecule has 2 rings (SSSR count). The molecule has 2 aromatic heterocycles. The van der Waals surface area contributed by atoms with Crippen LogP contribution in [0.15, 0.2) is 14.7 Å². The predicted molar refractivity (Wildman–Crippen MR) is 132 cm³/mol. The Morgan fingerprint density at radius 1 is 0.909 bits per heavy atom. The molecule has 0 aliphatic rings. The number of imidazole rings is 1. The lowest BCUT2D eigenvalue weighted by atomic mass is 10.0. The number of aliphatic carboxylic acids is 1. The maximum absolute atomic E-state index is 12.4. The summed E-state index contributed by atoms with van der Waals surface area (Å²) in [5.74, 6) is -1.45. The van der Waals surface area contributed by atoms with Crippen molar-refractivity contribution in [1.82, 2.24) is 19.1 Å². The monoisotopic (exact) mass is 479 g/mol. The van der Waals surface area contributed by atoms with Gasteiger partial charge in [-0.3, -0.25) is 14.3 Å². The zero-order valence-electron chi connectivity index (χ0n) is 20.2. The highest BCUT2D eigenvalue weighted by Crippen LogP contribution is 2.22. The number of carboxylic acid groups (broad SMARTS) is 1. The maximum Gasteiger partial charge on any atom is 0.329 e. The molecule has 33 heavy (non-hydrogen) atoms. The van der Waals surface area contributed by atoms with Crippen molar-refractivity contribution in [3.63, 3.8) is 0 Å². The quantitative estimate of drug-likeness (QED) is 0.257. The Morgan fingerprint density at radius 3 is 1.94 bits per heavy atom. The number of rotatable bonds is 18. The van der Waals surface area contributed by atoms with Gasteiger partial charge in [-0.2, -0.15) is 0 Å². The van der Waals surface area contributed by atoms with E-state index in [1.165, 1.54) is 82.2 Å². The van der Waals surface area contributed by atoms with E-state index in [0.717, 1.165) is 31.0 Å². The van der Waals surface area contributed by atoms with E-state index in [4.69, 9.17) is 0 Å². The van der Waals surface area contributed by atoms with Crippen LogP contribution in [0.3, 0.4) is 0 Å². The fraction of sp³-hybridized carbons (Fsp3) is 0.750. The smallest absolute Gasteiger partial charge is 0.329 e. The number of nitrogens with zero attached hydrogens (tertiary/aromatic N) is 3. The highest BCUT2D eigenvalue weighted by molar-refractivity contribution is 7.99. The van der Waals surface area contributed by atoms with Crippen LogP contribution in [0.4, 0.5) is 0 Å². The summed E-state index contributed by atoms with van der Waals surface area (Å²) in [6.45, 7) is 2.81. The second kappa shape index (κ2) is 15.0. The summed E-state index contributed by atoms with van der Waals surface area (Å²) in [7, 11) is 1.54. The minimum Gasteiger partial charge on any atom is -0.549 e. The normalized spacial score (nSPS) is 11.5. The first-order valence-corrected chi connectivity index (χ1v) is 13.5. The first-order valence-electron chi connectivity index (χ1n) is 12.5. The minimum absolute atomic E-state index is 0.256. The fourth-order valence-electron chi connectivity index (χ4n) is 4.12. The van der Waals surface area contributed by atoms with Crippen molar-refractivity contribution in [2.45, 2.75) is 109 Å². The number of H-pyrrole nitrogens is 1. The van der Waals surface area contributed by atoms with Crippen LogP contribution in [0.25, 0.3) is 11.2 Å². The van der Waals surface area contributed by atoms with Crippen molar-refractivity contribution in [3.05, 3.63) is 20.8 Å². The van der Waals surface area contributed by atoms with Gasteiger partial charge in [-0.05, 0) is 6.42 Å². The van der Waals surface area contributed by atoms with Crippen molar-refractivity contribution >= 4 is 28.9 Å². The van der Waals surface area contributed by atoms with Crippen molar-refractivity contribution in [2.75, 3.05) is 5.75 Å². The molecule has 0 fully saturated rings. The number of carbonyl (C=O) groups excluding carboxylic acids is 1. The third kappa shape index (κ3) is 9.02. The van der Waals surface area contributed by atoms with Gasteiger partial charge in [-0.15, -0.1) is 0 Å². The molecular formula is C24H39N4O4S-. The summed E-state index contributed by atoms with van der Waals surface area (Å²) in [6.07, 6.45) is 17.7. The number of aromatic nitrogens is 4. The number of nitrogens with one attached hydrogen (secondary N) is 1. The lowest BCUT2D eigenvalue weighted by Crippen LogP contribution is -2.29. The second-order valence-corrected chi connectivity index (χ2v) is 9.74. The molecule has 2 aromatic rings. The summed E-state index contributed by atoms with van der Waals surface area (Å²) in [5, 5.41) is 11.3. The lowest BCUT2D eigenvalue weighted by Gasteiger charge is -2.09. The van der Waals surface area contributed by atoms with E-state index in [0.29, 0.717) is 17.2 Å². The predicted octanol–water partition coefficient (Wildman–Crippen LogP) is 3.75. The third-order valence-electron chi connectivity index (χ3n) is 6.03. The van der Waals surface area contributed by atoms with Crippen LogP contribution in [0.1, 0.15) is 96.8 Å². The third-order valence-corrected chi connectivity index (χ3v) is 6.98. The number of aromatic amines is 1. The molecule has 0 amide bonds. The van der Waals surface area contributed by atoms with E-state index in [2.05, 4.69) is 16.9 Å². The Kier molecular flexibility index (Phi) is 12.4. The lowest BCUT2D eigenvalue weighted by molar-refractivity contribution is -0.301. The van der Waals surface area contributed by atoms with Gasteiger partial charge in [0.15, 0.2) is 16.3 Å². The first kappa shape index (κ1) is 27.2. The molecule has 0 aromatic carbocycles. The van der Waals surface area contributed by atoms with Gasteiger partial charge in [-0.1, -0.05) is 102 Å². The fourth-order valence-corrected chi connectivity index (χ4v) is 4.86. The number of aryl methyl sites for hydroxylation is 2. The van der Waals surface area contributed by atoms with E-state index >= 15 is 0 Å². The van der Waals surface area contributed by atoms with E-state index in [1.54, 1.807) is 4.57 Å². The van der Waals surface area contributed by atoms with Crippen LogP contribution >= 0.6 is 11.8 Å².